The van der Waals surface area contributed by atoms with E-state index in [9.17, 15) is 0 Å². The van der Waals surface area contributed by atoms with Gasteiger partial charge in [-0.3, -0.25) is 0 Å². The topological polar surface area (TPSA) is 37.8 Å². The highest BCUT2D eigenvalue weighted by Gasteiger charge is 2.39. The highest BCUT2D eigenvalue weighted by molar-refractivity contribution is 5.39. The number of hydrogen-bond donors (Lipinski definition) is 1. The Labute approximate surface area is 120 Å². The maximum Gasteiger partial charge on any atom is 0.141 e. The van der Waals surface area contributed by atoms with Gasteiger partial charge in [-0.2, -0.15) is 0 Å². The Bertz CT molecular complexity index is 559. The van der Waals surface area contributed by atoms with Crippen LogP contribution in [0, 0.1) is 0 Å². The summed E-state index contributed by atoms with van der Waals surface area (Å²) >= 11 is 0. The fourth-order valence-electron chi connectivity index (χ4n) is 3.25. The van der Waals surface area contributed by atoms with Crippen LogP contribution in [0.3, 0.4) is 0 Å². The molecule has 1 aromatic carbocycles. The van der Waals surface area contributed by atoms with Crippen molar-refractivity contribution in [2.24, 2.45) is 0 Å². The van der Waals surface area contributed by atoms with Crippen LogP contribution in [0.15, 0.2) is 42.6 Å². The highest BCUT2D eigenvalue weighted by atomic mass is 15.0. The lowest BCUT2D eigenvalue weighted by Crippen LogP contribution is -2.27. The van der Waals surface area contributed by atoms with E-state index in [1.165, 1.54) is 18.4 Å². The maximum absolute atomic E-state index is 4.77. The fraction of sp³-hybridized carbons (Fsp3) is 0.412. The third-order valence-electron chi connectivity index (χ3n) is 4.22. The van der Waals surface area contributed by atoms with E-state index >= 15 is 0 Å². The zero-order valence-electron chi connectivity index (χ0n) is 12.0. The first-order valence-electron chi connectivity index (χ1n) is 7.48. The standard InChI is InChI=1S/C17H21N3/c1-2-18-15-10-13-19-16(20-15)17(11-6-7-12-17)14-8-4-3-5-9-14/h3-5,8-10,13H,2,6-7,11-12H2,1H3,(H,18,19,20). The van der Waals surface area contributed by atoms with Crippen molar-refractivity contribution >= 4 is 5.82 Å². The molecule has 3 nitrogen and oxygen atoms in total. The summed E-state index contributed by atoms with van der Waals surface area (Å²) in [6.45, 7) is 2.97. The summed E-state index contributed by atoms with van der Waals surface area (Å²) in [5.74, 6) is 1.90. The minimum Gasteiger partial charge on any atom is -0.370 e. The molecule has 104 valence electrons. The molecule has 1 fully saturated rings. The van der Waals surface area contributed by atoms with E-state index in [0.29, 0.717) is 0 Å². The number of benzene rings is 1. The molecule has 1 heterocycles. The van der Waals surface area contributed by atoms with Crippen molar-refractivity contribution in [3.05, 3.63) is 54.0 Å². The molecule has 1 saturated carbocycles. The maximum atomic E-state index is 4.77. The molecule has 3 heteroatoms. The van der Waals surface area contributed by atoms with Crippen LogP contribution in [0.1, 0.15) is 44.0 Å². The molecule has 1 N–H and O–H groups in total. The van der Waals surface area contributed by atoms with E-state index < -0.39 is 0 Å². The van der Waals surface area contributed by atoms with Crippen LogP contribution in [0.25, 0.3) is 0 Å². The van der Waals surface area contributed by atoms with Crippen LogP contribution < -0.4 is 5.32 Å². The van der Waals surface area contributed by atoms with Crippen molar-refractivity contribution in [2.75, 3.05) is 11.9 Å². The first-order chi connectivity index (χ1) is 9.85. The second-order valence-electron chi connectivity index (χ2n) is 5.45. The molecule has 20 heavy (non-hydrogen) atoms. The lowest BCUT2D eigenvalue weighted by Gasteiger charge is -2.28. The molecule has 0 bridgehead atoms. The number of nitrogens with zero attached hydrogens (tertiary/aromatic N) is 2. The van der Waals surface area contributed by atoms with Crippen molar-refractivity contribution in [2.45, 2.75) is 38.0 Å². The van der Waals surface area contributed by atoms with E-state index in [4.69, 9.17) is 4.98 Å². The average Bonchev–Trinajstić information content (AvgIpc) is 3.00. The van der Waals surface area contributed by atoms with Crippen LogP contribution in [0.5, 0.6) is 0 Å². The van der Waals surface area contributed by atoms with Gasteiger partial charge in [-0.05, 0) is 31.4 Å². The van der Waals surface area contributed by atoms with Gasteiger partial charge < -0.3 is 5.32 Å². The summed E-state index contributed by atoms with van der Waals surface area (Å²) in [4.78, 5) is 9.37. The van der Waals surface area contributed by atoms with Gasteiger partial charge in [0.05, 0.1) is 5.41 Å². The Hall–Kier alpha value is -1.90. The number of aromatic nitrogens is 2. The van der Waals surface area contributed by atoms with Gasteiger partial charge in [0, 0.05) is 12.7 Å². The van der Waals surface area contributed by atoms with Gasteiger partial charge in [-0.25, -0.2) is 9.97 Å². The molecule has 0 aliphatic heterocycles. The van der Waals surface area contributed by atoms with E-state index in [-0.39, 0.29) is 5.41 Å². The fourth-order valence-corrected chi connectivity index (χ4v) is 3.25. The minimum absolute atomic E-state index is 0.00664. The van der Waals surface area contributed by atoms with Crippen molar-refractivity contribution in [1.82, 2.24) is 9.97 Å². The summed E-state index contributed by atoms with van der Waals surface area (Å²) < 4.78 is 0. The monoisotopic (exact) mass is 267 g/mol. The molecule has 1 aliphatic carbocycles. The van der Waals surface area contributed by atoms with Crippen molar-refractivity contribution in [3.8, 4) is 0 Å². The van der Waals surface area contributed by atoms with E-state index in [2.05, 4.69) is 47.6 Å². The summed E-state index contributed by atoms with van der Waals surface area (Å²) in [5.41, 5.74) is 1.36. The number of rotatable bonds is 4. The highest BCUT2D eigenvalue weighted by Crippen LogP contribution is 2.44. The Morgan fingerprint density at radius 1 is 1.10 bits per heavy atom. The molecular weight excluding hydrogens is 246 g/mol. The molecular formula is C17H21N3. The normalized spacial score (nSPS) is 17.1. The lowest BCUT2D eigenvalue weighted by molar-refractivity contribution is 0.499. The Balaban J connectivity index is 2.05. The Kier molecular flexibility index (Phi) is 3.68. The number of hydrogen-bond acceptors (Lipinski definition) is 3. The lowest BCUT2D eigenvalue weighted by atomic mass is 9.78. The van der Waals surface area contributed by atoms with Gasteiger partial charge in [0.2, 0.25) is 0 Å². The predicted molar refractivity (Wildman–Crippen MR) is 81.9 cm³/mol. The summed E-state index contributed by atoms with van der Waals surface area (Å²) in [6.07, 6.45) is 6.68. The minimum atomic E-state index is 0.00664. The molecule has 0 unspecified atom stereocenters. The van der Waals surface area contributed by atoms with Gasteiger partial charge in [0.25, 0.3) is 0 Å². The zero-order valence-corrected chi connectivity index (χ0v) is 12.0. The second-order valence-corrected chi connectivity index (χ2v) is 5.45. The first-order valence-corrected chi connectivity index (χ1v) is 7.48. The third-order valence-corrected chi connectivity index (χ3v) is 4.22. The van der Waals surface area contributed by atoms with Crippen LogP contribution in [0.2, 0.25) is 0 Å². The van der Waals surface area contributed by atoms with E-state index in [1.54, 1.807) is 0 Å². The van der Waals surface area contributed by atoms with Crippen molar-refractivity contribution < 1.29 is 0 Å². The smallest absolute Gasteiger partial charge is 0.141 e. The van der Waals surface area contributed by atoms with Gasteiger partial charge in [-0.15, -0.1) is 0 Å². The van der Waals surface area contributed by atoms with Crippen LogP contribution >= 0.6 is 0 Å². The summed E-state index contributed by atoms with van der Waals surface area (Å²) in [5, 5.41) is 3.29. The molecule has 1 aliphatic rings. The number of nitrogens with one attached hydrogen (secondary N) is 1. The second kappa shape index (κ2) is 5.61. The molecule has 0 amide bonds. The van der Waals surface area contributed by atoms with E-state index in [1.807, 2.05) is 12.3 Å². The molecule has 0 radical (unpaired) electrons. The average molecular weight is 267 g/mol. The Morgan fingerprint density at radius 2 is 1.85 bits per heavy atom. The van der Waals surface area contributed by atoms with Crippen LogP contribution in [-0.2, 0) is 5.41 Å². The molecule has 1 aromatic heterocycles. The van der Waals surface area contributed by atoms with E-state index in [0.717, 1.165) is 31.0 Å². The van der Waals surface area contributed by atoms with Gasteiger partial charge >= 0.3 is 0 Å². The number of anilines is 1. The molecule has 0 atom stereocenters. The van der Waals surface area contributed by atoms with Gasteiger partial charge in [0.1, 0.15) is 11.6 Å². The van der Waals surface area contributed by atoms with Crippen molar-refractivity contribution in [3.63, 3.8) is 0 Å². The third kappa shape index (κ3) is 2.28. The van der Waals surface area contributed by atoms with Crippen molar-refractivity contribution in [1.29, 1.82) is 0 Å². The summed E-state index contributed by atoms with van der Waals surface area (Å²) in [6, 6.07) is 12.7. The Morgan fingerprint density at radius 3 is 2.55 bits per heavy atom. The first kappa shape index (κ1) is 13.1. The molecule has 0 spiro atoms. The SMILES string of the molecule is CCNc1ccnc(C2(c3ccccc3)CCCC2)n1. The van der Waals surface area contributed by atoms with Gasteiger partial charge in [-0.1, -0.05) is 43.2 Å². The van der Waals surface area contributed by atoms with Crippen LogP contribution in [-0.4, -0.2) is 16.5 Å². The largest absolute Gasteiger partial charge is 0.370 e. The quantitative estimate of drug-likeness (QED) is 0.916. The molecule has 2 aromatic rings. The zero-order chi connectivity index (χ0) is 13.8. The molecule has 3 rings (SSSR count). The van der Waals surface area contributed by atoms with Gasteiger partial charge in [0.15, 0.2) is 0 Å². The molecule has 0 saturated heterocycles. The van der Waals surface area contributed by atoms with Crippen LogP contribution in [0.4, 0.5) is 5.82 Å². The predicted octanol–water partition coefficient (Wildman–Crippen LogP) is 3.77. The summed E-state index contributed by atoms with van der Waals surface area (Å²) in [7, 11) is 0.